The molecule has 5 heteroatoms. The summed E-state index contributed by atoms with van der Waals surface area (Å²) in [7, 11) is 0. The predicted molar refractivity (Wildman–Crippen MR) is 69.1 cm³/mol. The second-order valence-electron chi connectivity index (χ2n) is 5.23. The normalized spacial score (nSPS) is 26.9. The van der Waals surface area contributed by atoms with Crippen molar-refractivity contribution in [2.24, 2.45) is 5.41 Å². The van der Waals surface area contributed by atoms with E-state index in [-0.39, 0.29) is 23.4 Å². The standard InChI is InChI=1S/C12H20N2O2S/c1-2-4-9-10(15)14(11(16)13-9)7-12(8-17)5-3-6-12/h9,17H,2-8H2,1H3,(H,13,16). The van der Waals surface area contributed by atoms with Crippen LogP contribution in [0.1, 0.15) is 39.0 Å². The lowest BCUT2D eigenvalue weighted by molar-refractivity contribution is -0.129. The number of carbonyl (C=O) groups excluding carboxylic acids is 2. The van der Waals surface area contributed by atoms with Crippen molar-refractivity contribution < 1.29 is 9.59 Å². The van der Waals surface area contributed by atoms with Crippen molar-refractivity contribution in [3.05, 3.63) is 0 Å². The molecular formula is C12H20N2O2S. The molecule has 1 unspecified atom stereocenters. The average Bonchev–Trinajstić information content (AvgIpc) is 2.51. The first kappa shape index (κ1) is 12.7. The lowest BCUT2D eigenvalue weighted by Crippen LogP contribution is -2.46. The maximum absolute atomic E-state index is 12.1. The average molecular weight is 256 g/mol. The molecule has 0 bridgehead atoms. The van der Waals surface area contributed by atoms with Crippen LogP contribution in [-0.4, -0.2) is 35.2 Å². The van der Waals surface area contributed by atoms with E-state index >= 15 is 0 Å². The van der Waals surface area contributed by atoms with Crippen molar-refractivity contribution in [3.63, 3.8) is 0 Å². The van der Waals surface area contributed by atoms with E-state index < -0.39 is 0 Å². The Labute approximate surface area is 108 Å². The number of amides is 3. The number of imide groups is 1. The number of nitrogens with one attached hydrogen (secondary N) is 1. The minimum Gasteiger partial charge on any atom is -0.326 e. The Morgan fingerprint density at radius 3 is 2.65 bits per heavy atom. The molecule has 1 saturated heterocycles. The van der Waals surface area contributed by atoms with Gasteiger partial charge >= 0.3 is 6.03 Å². The largest absolute Gasteiger partial charge is 0.326 e. The zero-order valence-electron chi connectivity index (χ0n) is 10.2. The maximum atomic E-state index is 12.1. The monoisotopic (exact) mass is 256 g/mol. The van der Waals surface area contributed by atoms with Crippen molar-refractivity contribution in [1.82, 2.24) is 10.2 Å². The molecule has 0 spiro atoms. The summed E-state index contributed by atoms with van der Waals surface area (Å²) in [6, 6.07) is -0.522. The van der Waals surface area contributed by atoms with Crippen LogP contribution >= 0.6 is 12.6 Å². The van der Waals surface area contributed by atoms with Gasteiger partial charge in [-0.2, -0.15) is 12.6 Å². The van der Waals surface area contributed by atoms with Gasteiger partial charge in [0.05, 0.1) is 0 Å². The van der Waals surface area contributed by atoms with Crippen molar-refractivity contribution in [2.75, 3.05) is 12.3 Å². The van der Waals surface area contributed by atoms with E-state index in [1.54, 1.807) is 0 Å². The molecule has 1 N–H and O–H groups in total. The van der Waals surface area contributed by atoms with Gasteiger partial charge in [-0.1, -0.05) is 19.8 Å². The number of thiol groups is 1. The minimum absolute atomic E-state index is 0.0510. The lowest BCUT2D eigenvalue weighted by Gasteiger charge is -2.42. The van der Waals surface area contributed by atoms with Gasteiger partial charge in [0, 0.05) is 6.54 Å². The zero-order chi connectivity index (χ0) is 12.5. The van der Waals surface area contributed by atoms with Crippen LogP contribution in [0.25, 0.3) is 0 Å². The number of rotatable bonds is 5. The van der Waals surface area contributed by atoms with E-state index in [1.807, 2.05) is 6.92 Å². The summed E-state index contributed by atoms with van der Waals surface area (Å²) in [4.78, 5) is 25.2. The third-order valence-corrected chi connectivity index (χ3v) is 4.60. The van der Waals surface area contributed by atoms with Gasteiger partial charge in [-0.3, -0.25) is 9.69 Å². The highest BCUT2D eigenvalue weighted by atomic mass is 32.1. The van der Waals surface area contributed by atoms with Crippen LogP contribution in [-0.2, 0) is 4.79 Å². The first-order valence-corrected chi connectivity index (χ1v) is 6.98. The minimum atomic E-state index is -0.301. The number of hydrogen-bond donors (Lipinski definition) is 2. The quantitative estimate of drug-likeness (QED) is 0.582. The maximum Gasteiger partial charge on any atom is 0.324 e. The highest BCUT2D eigenvalue weighted by Crippen LogP contribution is 2.42. The molecule has 0 aromatic heterocycles. The second kappa shape index (κ2) is 4.88. The summed E-state index contributed by atoms with van der Waals surface area (Å²) in [5, 5.41) is 2.76. The van der Waals surface area contributed by atoms with Crippen LogP contribution < -0.4 is 5.32 Å². The first-order valence-electron chi connectivity index (χ1n) is 6.34. The van der Waals surface area contributed by atoms with Gasteiger partial charge in [0.1, 0.15) is 6.04 Å². The summed E-state index contributed by atoms with van der Waals surface area (Å²) < 4.78 is 0. The summed E-state index contributed by atoms with van der Waals surface area (Å²) in [6.07, 6.45) is 4.97. The van der Waals surface area contributed by atoms with Crippen molar-refractivity contribution in [1.29, 1.82) is 0 Å². The third-order valence-electron chi connectivity index (χ3n) is 3.93. The van der Waals surface area contributed by atoms with Gasteiger partial charge in [0.25, 0.3) is 5.91 Å². The fraction of sp³-hybridized carbons (Fsp3) is 0.833. The van der Waals surface area contributed by atoms with Gasteiger partial charge < -0.3 is 5.32 Å². The molecule has 2 aliphatic rings. The third kappa shape index (κ3) is 2.30. The zero-order valence-corrected chi connectivity index (χ0v) is 11.1. The Hall–Kier alpha value is -0.710. The van der Waals surface area contributed by atoms with Gasteiger partial charge in [-0.15, -0.1) is 0 Å². The molecule has 0 radical (unpaired) electrons. The van der Waals surface area contributed by atoms with E-state index in [0.29, 0.717) is 6.54 Å². The van der Waals surface area contributed by atoms with Crippen LogP contribution in [0.2, 0.25) is 0 Å². The molecule has 1 heterocycles. The fourth-order valence-corrected chi connectivity index (χ4v) is 3.01. The second-order valence-corrected chi connectivity index (χ2v) is 5.54. The Kier molecular flexibility index (Phi) is 3.66. The Balaban J connectivity index is 2.01. The molecule has 1 aliphatic carbocycles. The summed E-state index contributed by atoms with van der Waals surface area (Å²) in [6.45, 7) is 2.56. The first-order chi connectivity index (χ1) is 8.12. The SMILES string of the molecule is CCCC1NC(=O)N(CC2(CS)CCC2)C1=O. The molecule has 0 aromatic rings. The fourth-order valence-electron chi connectivity index (χ4n) is 2.59. The smallest absolute Gasteiger partial charge is 0.324 e. The lowest BCUT2D eigenvalue weighted by atomic mass is 9.70. The molecule has 1 atom stereocenters. The van der Waals surface area contributed by atoms with Crippen molar-refractivity contribution >= 4 is 24.6 Å². The highest BCUT2D eigenvalue weighted by Gasteiger charge is 2.44. The molecule has 2 fully saturated rings. The topological polar surface area (TPSA) is 49.4 Å². The number of hydrogen-bond acceptors (Lipinski definition) is 3. The van der Waals surface area contributed by atoms with Crippen LogP contribution in [0.15, 0.2) is 0 Å². The van der Waals surface area contributed by atoms with Crippen LogP contribution in [0.4, 0.5) is 4.79 Å². The molecule has 17 heavy (non-hydrogen) atoms. The van der Waals surface area contributed by atoms with E-state index in [0.717, 1.165) is 31.4 Å². The molecule has 1 aliphatic heterocycles. The Bertz CT molecular complexity index is 323. The van der Waals surface area contributed by atoms with E-state index in [4.69, 9.17) is 0 Å². The van der Waals surface area contributed by atoms with E-state index in [9.17, 15) is 9.59 Å². The van der Waals surface area contributed by atoms with E-state index in [2.05, 4.69) is 17.9 Å². The van der Waals surface area contributed by atoms with Gasteiger partial charge in [0.15, 0.2) is 0 Å². The summed E-state index contributed by atoms with van der Waals surface area (Å²) in [5.74, 6) is 0.701. The molecule has 96 valence electrons. The van der Waals surface area contributed by atoms with Gasteiger partial charge in [-0.05, 0) is 30.4 Å². The summed E-state index contributed by atoms with van der Waals surface area (Å²) >= 11 is 4.36. The van der Waals surface area contributed by atoms with Crippen LogP contribution in [0.5, 0.6) is 0 Å². The molecule has 3 amide bonds. The molecular weight excluding hydrogens is 236 g/mol. The Morgan fingerprint density at radius 1 is 1.47 bits per heavy atom. The van der Waals surface area contributed by atoms with Crippen molar-refractivity contribution in [2.45, 2.75) is 45.1 Å². The number of nitrogens with zero attached hydrogens (tertiary/aromatic N) is 1. The predicted octanol–water partition coefficient (Wildman–Crippen LogP) is 1.81. The van der Waals surface area contributed by atoms with E-state index in [1.165, 1.54) is 11.3 Å². The van der Waals surface area contributed by atoms with Crippen LogP contribution in [0.3, 0.4) is 0 Å². The number of urea groups is 1. The number of carbonyl (C=O) groups is 2. The molecule has 4 nitrogen and oxygen atoms in total. The van der Waals surface area contributed by atoms with Crippen molar-refractivity contribution in [3.8, 4) is 0 Å². The van der Waals surface area contributed by atoms with Crippen LogP contribution in [0, 0.1) is 5.41 Å². The highest BCUT2D eigenvalue weighted by molar-refractivity contribution is 7.80. The summed E-state index contributed by atoms with van der Waals surface area (Å²) in [5.41, 5.74) is 0.0806. The molecule has 2 rings (SSSR count). The Morgan fingerprint density at radius 2 is 2.18 bits per heavy atom. The van der Waals surface area contributed by atoms with Gasteiger partial charge in [-0.25, -0.2) is 4.79 Å². The molecule has 0 aromatic carbocycles. The van der Waals surface area contributed by atoms with Gasteiger partial charge in [0.2, 0.25) is 0 Å². The molecule has 1 saturated carbocycles.